The van der Waals surface area contributed by atoms with Crippen LogP contribution in [0.15, 0.2) is 46.4 Å². The van der Waals surface area contributed by atoms with E-state index in [0.717, 1.165) is 15.5 Å². The summed E-state index contributed by atoms with van der Waals surface area (Å²) in [5.74, 6) is 0. The fourth-order valence-electron chi connectivity index (χ4n) is 2.09. The number of non-ortho nitro benzene ring substituents is 1. The second-order valence-electron chi connectivity index (χ2n) is 4.33. The van der Waals surface area contributed by atoms with E-state index in [2.05, 4.69) is 26.2 Å². The number of benzene rings is 1. The molecule has 0 amide bonds. The Labute approximate surface area is 132 Å². The van der Waals surface area contributed by atoms with E-state index < -0.39 is 4.92 Å². The molecule has 0 saturated heterocycles. The van der Waals surface area contributed by atoms with Crippen molar-refractivity contribution in [1.82, 2.24) is 4.98 Å². The molecule has 1 aromatic carbocycles. The van der Waals surface area contributed by atoms with E-state index in [1.165, 1.54) is 10.9 Å². The van der Waals surface area contributed by atoms with Crippen LogP contribution in [0.4, 0.5) is 11.4 Å². The first-order chi connectivity index (χ1) is 10.2. The highest BCUT2D eigenvalue weighted by Gasteiger charge is 2.15. The molecule has 3 aromatic rings. The van der Waals surface area contributed by atoms with Gasteiger partial charge < -0.3 is 5.32 Å². The first-order valence-corrected chi connectivity index (χ1v) is 7.82. The van der Waals surface area contributed by atoms with Gasteiger partial charge >= 0.3 is 0 Å². The molecule has 5 nitrogen and oxygen atoms in total. The molecule has 0 atom stereocenters. The number of nitro benzene ring substituents is 1. The van der Waals surface area contributed by atoms with Gasteiger partial charge in [0.1, 0.15) is 5.52 Å². The lowest BCUT2D eigenvalue weighted by molar-refractivity contribution is -0.383. The van der Waals surface area contributed by atoms with Gasteiger partial charge in [-0.1, -0.05) is 0 Å². The Bertz CT molecular complexity index is 819. The zero-order valence-electron chi connectivity index (χ0n) is 10.7. The predicted molar refractivity (Wildman–Crippen MR) is 87.7 cm³/mol. The van der Waals surface area contributed by atoms with E-state index in [4.69, 9.17) is 0 Å². The van der Waals surface area contributed by atoms with Crippen LogP contribution in [0.1, 0.15) is 4.88 Å². The third kappa shape index (κ3) is 2.74. The van der Waals surface area contributed by atoms with Crippen molar-refractivity contribution in [2.75, 3.05) is 5.32 Å². The van der Waals surface area contributed by atoms with E-state index in [-0.39, 0.29) is 5.69 Å². The number of aromatic nitrogens is 1. The average molecular weight is 364 g/mol. The van der Waals surface area contributed by atoms with Gasteiger partial charge in [0.25, 0.3) is 5.69 Å². The Morgan fingerprint density at radius 3 is 2.90 bits per heavy atom. The van der Waals surface area contributed by atoms with Gasteiger partial charge in [0, 0.05) is 32.7 Å². The molecule has 1 N–H and O–H groups in total. The molecule has 3 rings (SSSR count). The maximum atomic E-state index is 11.1. The summed E-state index contributed by atoms with van der Waals surface area (Å²) in [6.45, 7) is 0.653. The van der Waals surface area contributed by atoms with E-state index in [1.807, 2.05) is 17.5 Å². The quantitative estimate of drug-likeness (QED) is 0.544. The van der Waals surface area contributed by atoms with Gasteiger partial charge in [0.15, 0.2) is 0 Å². The molecule has 106 valence electrons. The summed E-state index contributed by atoms with van der Waals surface area (Å²) in [5, 5.41) is 17.1. The maximum absolute atomic E-state index is 11.1. The lowest BCUT2D eigenvalue weighted by Crippen LogP contribution is -2.00. The SMILES string of the molecule is O=[N+]([O-])c1ccc(NCc2sccc2Br)c2cccnc12. The lowest BCUT2D eigenvalue weighted by atomic mass is 10.1. The van der Waals surface area contributed by atoms with Crippen molar-refractivity contribution < 1.29 is 4.92 Å². The number of hydrogen-bond donors (Lipinski definition) is 1. The number of hydrogen-bond acceptors (Lipinski definition) is 5. The number of nitro groups is 1. The summed E-state index contributed by atoms with van der Waals surface area (Å²) in [4.78, 5) is 16.0. The van der Waals surface area contributed by atoms with Crippen LogP contribution in [0, 0.1) is 10.1 Å². The Morgan fingerprint density at radius 1 is 1.33 bits per heavy atom. The maximum Gasteiger partial charge on any atom is 0.295 e. The van der Waals surface area contributed by atoms with Crippen LogP contribution in [0.25, 0.3) is 10.9 Å². The molecule has 2 heterocycles. The van der Waals surface area contributed by atoms with Gasteiger partial charge in [-0.05, 0) is 45.6 Å². The Morgan fingerprint density at radius 2 is 2.19 bits per heavy atom. The second-order valence-corrected chi connectivity index (χ2v) is 6.19. The van der Waals surface area contributed by atoms with E-state index in [9.17, 15) is 10.1 Å². The van der Waals surface area contributed by atoms with Crippen molar-refractivity contribution in [3.8, 4) is 0 Å². The molecule has 0 radical (unpaired) electrons. The number of halogens is 1. The topological polar surface area (TPSA) is 68.1 Å². The van der Waals surface area contributed by atoms with Gasteiger partial charge in [0.05, 0.1) is 11.5 Å². The van der Waals surface area contributed by atoms with Gasteiger partial charge in [-0.25, -0.2) is 4.98 Å². The molecule has 0 aliphatic rings. The summed E-state index contributed by atoms with van der Waals surface area (Å²) in [6, 6.07) is 8.82. The zero-order chi connectivity index (χ0) is 14.8. The van der Waals surface area contributed by atoms with Crippen LogP contribution in [0.2, 0.25) is 0 Å². The molecule has 0 saturated carbocycles. The fraction of sp³-hybridized carbons (Fsp3) is 0.0714. The molecule has 0 aliphatic carbocycles. The minimum Gasteiger partial charge on any atom is -0.380 e. The Kier molecular flexibility index (Phi) is 3.85. The molecule has 7 heteroatoms. The minimum atomic E-state index is -0.408. The summed E-state index contributed by atoms with van der Waals surface area (Å²) in [6.07, 6.45) is 1.56. The van der Waals surface area contributed by atoms with E-state index in [0.29, 0.717) is 12.1 Å². The molecule has 0 bridgehead atoms. The van der Waals surface area contributed by atoms with Crippen LogP contribution < -0.4 is 5.32 Å². The molecular weight excluding hydrogens is 354 g/mol. The standard InChI is InChI=1S/C14H10BrN3O2S/c15-10-5-7-21-13(10)8-17-11-3-4-12(18(19)20)14-9(11)2-1-6-16-14/h1-7,17H,8H2. The van der Waals surface area contributed by atoms with Crippen molar-refractivity contribution in [3.05, 3.63) is 61.4 Å². The van der Waals surface area contributed by atoms with Crippen molar-refractivity contribution in [3.63, 3.8) is 0 Å². The molecule has 0 fully saturated rings. The third-order valence-electron chi connectivity index (χ3n) is 3.08. The second kappa shape index (κ2) is 5.79. The molecule has 0 unspecified atom stereocenters. The highest BCUT2D eigenvalue weighted by atomic mass is 79.9. The summed E-state index contributed by atoms with van der Waals surface area (Å²) < 4.78 is 1.06. The monoisotopic (exact) mass is 363 g/mol. The van der Waals surface area contributed by atoms with Gasteiger partial charge in [-0.3, -0.25) is 10.1 Å². The van der Waals surface area contributed by atoms with Crippen LogP contribution in [0.5, 0.6) is 0 Å². The largest absolute Gasteiger partial charge is 0.380 e. The average Bonchev–Trinajstić information content (AvgIpc) is 2.89. The highest BCUT2D eigenvalue weighted by Crippen LogP contribution is 2.31. The molecule has 21 heavy (non-hydrogen) atoms. The number of nitrogens with one attached hydrogen (secondary N) is 1. The van der Waals surface area contributed by atoms with Crippen LogP contribution in [-0.4, -0.2) is 9.91 Å². The van der Waals surface area contributed by atoms with Crippen LogP contribution in [-0.2, 0) is 6.54 Å². The molecule has 0 aliphatic heterocycles. The Balaban J connectivity index is 1.98. The Hall–Kier alpha value is -1.99. The van der Waals surface area contributed by atoms with Crippen molar-refractivity contribution in [2.45, 2.75) is 6.54 Å². The van der Waals surface area contributed by atoms with Crippen molar-refractivity contribution in [2.24, 2.45) is 0 Å². The molecular formula is C14H10BrN3O2S. The first kappa shape index (κ1) is 14.0. The van der Waals surface area contributed by atoms with Gasteiger partial charge in [-0.15, -0.1) is 11.3 Å². The molecule has 0 spiro atoms. The lowest BCUT2D eigenvalue weighted by Gasteiger charge is -2.09. The predicted octanol–water partition coefficient (Wildman–Crippen LogP) is 4.58. The number of anilines is 1. The van der Waals surface area contributed by atoms with Crippen molar-refractivity contribution in [1.29, 1.82) is 0 Å². The van der Waals surface area contributed by atoms with Crippen molar-refractivity contribution >= 4 is 49.5 Å². The summed E-state index contributed by atoms with van der Waals surface area (Å²) in [5.41, 5.74) is 1.26. The third-order valence-corrected chi connectivity index (χ3v) is 5.00. The first-order valence-electron chi connectivity index (χ1n) is 6.14. The van der Waals surface area contributed by atoms with Gasteiger partial charge in [0.2, 0.25) is 0 Å². The molecule has 2 aromatic heterocycles. The number of thiophene rings is 1. The van der Waals surface area contributed by atoms with E-state index >= 15 is 0 Å². The van der Waals surface area contributed by atoms with Crippen LogP contribution >= 0.6 is 27.3 Å². The van der Waals surface area contributed by atoms with E-state index in [1.54, 1.807) is 29.7 Å². The number of rotatable bonds is 4. The minimum absolute atomic E-state index is 0.0217. The fourth-order valence-corrected chi connectivity index (χ4v) is 3.52. The number of nitrogens with zero attached hydrogens (tertiary/aromatic N) is 2. The zero-order valence-corrected chi connectivity index (χ0v) is 13.1. The number of pyridine rings is 1. The van der Waals surface area contributed by atoms with Crippen LogP contribution in [0.3, 0.4) is 0 Å². The number of fused-ring (bicyclic) bond motifs is 1. The van der Waals surface area contributed by atoms with Gasteiger partial charge in [-0.2, -0.15) is 0 Å². The normalized spacial score (nSPS) is 10.7. The highest BCUT2D eigenvalue weighted by molar-refractivity contribution is 9.10. The smallest absolute Gasteiger partial charge is 0.295 e. The summed E-state index contributed by atoms with van der Waals surface area (Å²) in [7, 11) is 0. The summed E-state index contributed by atoms with van der Waals surface area (Å²) >= 11 is 5.14.